The second-order valence-corrected chi connectivity index (χ2v) is 4.95. The Morgan fingerprint density at radius 3 is 3.27 bits per heavy atom. The van der Waals surface area contributed by atoms with Crippen LogP contribution in [0.4, 0.5) is 5.82 Å². The molecular formula is C9H14N4OS. The zero-order valence-corrected chi connectivity index (χ0v) is 9.14. The van der Waals surface area contributed by atoms with Gasteiger partial charge in [0, 0.05) is 11.8 Å². The molecule has 4 N–H and O–H groups in total. The van der Waals surface area contributed by atoms with E-state index >= 15 is 0 Å². The molecule has 2 heterocycles. The lowest BCUT2D eigenvalue weighted by Crippen LogP contribution is -2.29. The van der Waals surface area contributed by atoms with Crippen molar-refractivity contribution in [2.75, 3.05) is 18.0 Å². The zero-order chi connectivity index (χ0) is 10.7. The van der Waals surface area contributed by atoms with Crippen molar-refractivity contribution in [1.82, 2.24) is 15.5 Å². The van der Waals surface area contributed by atoms with Crippen molar-refractivity contribution in [3.63, 3.8) is 0 Å². The van der Waals surface area contributed by atoms with Gasteiger partial charge in [0.2, 0.25) is 0 Å². The normalized spacial score (nSPS) is 20.4. The van der Waals surface area contributed by atoms with E-state index in [4.69, 9.17) is 5.73 Å². The number of amides is 1. The van der Waals surface area contributed by atoms with Crippen molar-refractivity contribution in [3.8, 4) is 0 Å². The second kappa shape index (κ2) is 4.57. The van der Waals surface area contributed by atoms with Crippen LogP contribution in [0.5, 0.6) is 0 Å². The van der Waals surface area contributed by atoms with Crippen LogP contribution in [0.3, 0.4) is 0 Å². The van der Waals surface area contributed by atoms with Crippen molar-refractivity contribution in [3.05, 3.63) is 11.8 Å². The van der Waals surface area contributed by atoms with E-state index in [1.54, 1.807) is 0 Å². The van der Waals surface area contributed by atoms with Crippen LogP contribution in [0.25, 0.3) is 0 Å². The minimum absolute atomic E-state index is 0.145. The molecule has 0 bridgehead atoms. The highest BCUT2D eigenvalue weighted by molar-refractivity contribution is 8.00. The molecule has 5 nitrogen and oxygen atoms in total. The standard InChI is InChI=1S/C9H14N4OS/c10-8-7(5-12-13-8)9(14)11-4-6-2-1-3-15-6/h5-6H,1-4H2,(H,11,14)(H3,10,12,13). The van der Waals surface area contributed by atoms with E-state index in [9.17, 15) is 4.79 Å². The van der Waals surface area contributed by atoms with Gasteiger partial charge in [-0.2, -0.15) is 16.9 Å². The van der Waals surface area contributed by atoms with Crippen LogP contribution in [-0.2, 0) is 0 Å². The summed E-state index contributed by atoms with van der Waals surface area (Å²) in [4.78, 5) is 11.6. The average molecular weight is 226 g/mol. The van der Waals surface area contributed by atoms with Gasteiger partial charge in [-0.3, -0.25) is 9.89 Å². The van der Waals surface area contributed by atoms with E-state index in [1.807, 2.05) is 11.8 Å². The van der Waals surface area contributed by atoms with E-state index in [-0.39, 0.29) is 5.91 Å². The van der Waals surface area contributed by atoms with Crippen molar-refractivity contribution >= 4 is 23.5 Å². The summed E-state index contributed by atoms with van der Waals surface area (Å²) in [6, 6.07) is 0. The molecule has 1 aliphatic rings. The van der Waals surface area contributed by atoms with Crippen LogP contribution in [0.15, 0.2) is 6.20 Å². The van der Waals surface area contributed by atoms with Crippen molar-refractivity contribution in [2.45, 2.75) is 18.1 Å². The Balaban J connectivity index is 1.84. The highest BCUT2D eigenvalue weighted by Crippen LogP contribution is 2.25. The fourth-order valence-electron chi connectivity index (χ4n) is 1.58. The Bertz CT molecular complexity index is 346. The fourth-order valence-corrected chi connectivity index (χ4v) is 2.79. The number of nitrogens with one attached hydrogen (secondary N) is 2. The summed E-state index contributed by atoms with van der Waals surface area (Å²) < 4.78 is 0. The molecule has 6 heteroatoms. The summed E-state index contributed by atoms with van der Waals surface area (Å²) in [5.41, 5.74) is 5.97. The maximum absolute atomic E-state index is 11.6. The summed E-state index contributed by atoms with van der Waals surface area (Å²) in [5.74, 6) is 1.38. The lowest BCUT2D eigenvalue weighted by molar-refractivity contribution is 0.0954. The molecule has 1 saturated heterocycles. The second-order valence-electron chi connectivity index (χ2n) is 3.54. The fraction of sp³-hybridized carbons (Fsp3) is 0.556. The number of carbonyl (C=O) groups excluding carboxylic acids is 1. The van der Waals surface area contributed by atoms with Crippen LogP contribution >= 0.6 is 11.8 Å². The molecular weight excluding hydrogens is 212 g/mol. The van der Waals surface area contributed by atoms with Gasteiger partial charge in [0.1, 0.15) is 11.4 Å². The summed E-state index contributed by atoms with van der Waals surface area (Å²) >= 11 is 1.92. The van der Waals surface area contributed by atoms with Gasteiger partial charge in [-0.25, -0.2) is 0 Å². The predicted molar refractivity (Wildman–Crippen MR) is 60.8 cm³/mol. The maximum Gasteiger partial charge on any atom is 0.256 e. The molecule has 1 aliphatic heterocycles. The maximum atomic E-state index is 11.6. The molecule has 1 atom stereocenters. The molecule has 1 aromatic rings. The van der Waals surface area contributed by atoms with Crippen LogP contribution in [0.1, 0.15) is 23.2 Å². The number of nitrogens with zero attached hydrogens (tertiary/aromatic N) is 1. The first-order chi connectivity index (χ1) is 7.27. The number of nitrogen functional groups attached to an aromatic ring is 1. The van der Waals surface area contributed by atoms with E-state index in [0.717, 1.165) is 0 Å². The molecule has 0 saturated carbocycles. The van der Waals surface area contributed by atoms with Gasteiger partial charge in [-0.1, -0.05) is 0 Å². The number of aromatic amines is 1. The predicted octanol–water partition coefficient (Wildman–Crippen LogP) is 0.617. The van der Waals surface area contributed by atoms with Gasteiger partial charge in [0.25, 0.3) is 5.91 Å². The van der Waals surface area contributed by atoms with Crippen molar-refractivity contribution in [1.29, 1.82) is 0 Å². The topological polar surface area (TPSA) is 83.8 Å². The lowest BCUT2D eigenvalue weighted by atomic mass is 10.2. The Morgan fingerprint density at radius 1 is 1.80 bits per heavy atom. The SMILES string of the molecule is Nc1[nH]ncc1C(=O)NCC1CCCS1. The number of H-pyrrole nitrogens is 1. The average Bonchev–Trinajstić information content (AvgIpc) is 2.84. The van der Waals surface area contributed by atoms with Gasteiger partial charge in [0.15, 0.2) is 0 Å². The minimum Gasteiger partial charge on any atom is -0.383 e. The molecule has 15 heavy (non-hydrogen) atoms. The number of hydrogen-bond donors (Lipinski definition) is 3. The number of thioether (sulfide) groups is 1. The number of nitrogens with two attached hydrogens (primary N) is 1. The van der Waals surface area contributed by atoms with E-state index in [1.165, 1.54) is 24.8 Å². The molecule has 82 valence electrons. The quantitative estimate of drug-likeness (QED) is 0.705. The summed E-state index contributed by atoms with van der Waals surface area (Å²) in [6.07, 6.45) is 3.89. The van der Waals surface area contributed by atoms with Crippen molar-refractivity contribution in [2.24, 2.45) is 0 Å². The zero-order valence-electron chi connectivity index (χ0n) is 8.32. The third kappa shape index (κ3) is 2.44. The Morgan fingerprint density at radius 2 is 2.67 bits per heavy atom. The molecule has 0 aromatic carbocycles. The van der Waals surface area contributed by atoms with Gasteiger partial charge >= 0.3 is 0 Å². The number of anilines is 1. The summed E-state index contributed by atoms with van der Waals surface area (Å²) in [7, 11) is 0. The number of hydrogen-bond acceptors (Lipinski definition) is 4. The Hall–Kier alpha value is -1.17. The molecule has 0 aliphatic carbocycles. The number of carbonyl (C=O) groups is 1. The number of aromatic nitrogens is 2. The Kier molecular flexibility index (Phi) is 3.15. The van der Waals surface area contributed by atoms with Crippen LogP contribution < -0.4 is 11.1 Å². The third-order valence-electron chi connectivity index (χ3n) is 2.43. The molecule has 1 amide bonds. The third-order valence-corrected chi connectivity index (χ3v) is 3.83. The molecule has 1 aromatic heterocycles. The van der Waals surface area contributed by atoms with Crippen LogP contribution in [-0.4, -0.2) is 33.7 Å². The molecule has 0 radical (unpaired) electrons. The molecule has 1 fully saturated rings. The van der Waals surface area contributed by atoms with Gasteiger partial charge in [-0.15, -0.1) is 0 Å². The molecule has 2 rings (SSSR count). The first-order valence-corrected chi connectivity index (χ1v) is 6.01. The number of rotatable bonds is 3. The minimum atomic E-state index is -0.145. The van der Waals surface area contributed by atoms with Crippen molar-refractivity contribution < 1.29 is 4.79 Å². The van der Waals surface area contributed by atoms with Crippen LogP contribution in [0, 0.1) is 0 Å². The highest BCUT2D eigenvalue weighted by Gasteiger charge is 2.17. The monoisotopic (exact) mass is 226 g/mol. The van der Waals surface area contributed by atoms with Gasteiger partial charge in [0.05, 0.1) is 6.20 Å². The lowest BCUT2D eigenvalue weighted by Gasteiger charge is -2.09. The molecule has 1 unspecified atom stereocenters. The van der Waals surface area contributed by atoms with Gasteiger partial charge < -0.3 is 11.1 Å². The molecule has 0 spiro atoms. The first kappa shape index (κ1) is 10.4. The highest BCUT2D eigenvalue weighted by atomic mass is 32.2. The van der Waals surface area contributed by atoms with Gasteiger partial charge in [-0.05, 0) is 18.6 Å². The largest absolute Gasteiger partial charge is 0.383 e. The van der Waals surface area contributed by atoms with Crippen LogP contribution in [0.2, 0.25) is 0 Å². The van der Waals surface area contributed by atoms with E-state index in [2.05, 4.69) is 15.5 Å². The first-order valence-electron chi connectivity index (χ1n) is 4.96. The van der Waals surface area contributed by atoms with E-state index in [0.29, 0.717) is 23.2 Å². The summed E-state index contributed by atoms with van der Waals surface area (Å²) in [5, 5.41) is 9.67. The van der Waals surface area contributed by atoms with E-state index < -0.39 is 0 Å². The smallest absolute Gasteiger partial charge is 0.256 e. The summed E-state index contributed by atoms with van der Waals surface area (Å²) in [6.45, 7) is 0.716. The Labute approximate surface area is 92.2 Å².